The molecule has 0 aliphatic rings. The number of nitrogens with one attached hydrogen (secondary N) is 2. The third-order valence-electron chi connectivity index (χ3n) is 5.00. The summed E-state index contributed by atoms with van der Waals surface area (Å²) in [7, 11) is 0. The average Bonchev–Trinajstić information content (AvgIpc) is 3.25. The maximum Gasteiger partial charge on any atom is 0.276 e. The minimum absolute atomic E-state index is 0.265. The van der Waals surface area contributed by atoms with Crippen LogP contribution in [0.15, 0.2) is 79.3 Å². The van der Waals surface area contributed by atoms with Crippen molar-refractivity contribution in [1.29, 1.82) is 0 Å². The van der Waals surface area contributed by atoms with Crippen molar-refractivity contribution < 1.29 is 9.53 Å². The molecule has 0 radical (unpaired) electrons. The highest BCUT2D eigenvalue weighted by molar-refractivity contribution is 6.11. The molecule has 0 aliphatic heterocycles. The zero-order chi connectivity index (χ0) is 22.8. The van der Waals surface area contributed by atoms with Gasteiger partial charge in [-0.05, 0) is 42.0 Å². The molecule has 0 spiro atoms. The number of amides is 1. The van der Waals surface area contributed by atoms with Gasteiger partial charge in [0.2, 0.25) is 5.88 Å². The SMILES string of the molecule is Nc1cncc(-c2ccc3[nH]nc(C(=O)Nc4ccc(Oc5ccccc5N)nc4)c3c2)c1. The van der Waals surface area contributed by atoms with Crippen LogP contribution in [0.4, 0.5) is 17.1 Å². The summed E-state index contributed by atoms with van der Waals surface area (Å²) >= 11 is 0. The number of benzene rings is 2. The molecule has 3 aromatic heterocycles. The number of hydrogen-bond donors (Lipinski definition) is 4. The van der Waals surface area contributed by atoms with Gasteiger partial charge in [-0.25, -0.2) is 4.98 Å². The summed E-state index contributed by atoms with van der Waals surface area (Å²) in [5.41, 5.74) is 16.0. The molecule has 3 heterocycles. The van der Waals surface area contributed by atoms with E-state index >= 15 is 0 Å². The summed E-state index contributed by atoms with van der Waals surface area (Å²) in [4.78, 5) is 21.3. The monoisotopic (exact) mass is 437 g/mol. The summed E-state index contributed by atoms with van der Waals surface area (Å²) < 4.78 is 5.68. The molecule has 5 rings (SSSR count). The number of nitrogens with two attached hydrogens (primary N) is 2. The van der Waals surface area contributed by atoms with Crippen LogP contribution in [-0.4, -0.2) is 26.1 Å². The van der Waals surface area contributed by atoms with Crippen LogP contribution in [0.2, 0.25) is 0 Å². The van der Waals surface area contributed by atoms with Crippen LogP contribution in [-0.2, 0) is 0 Å². The van der Waals surface area contributed by atoms with E-state index in [2.05, 4.69) is 25.5 Å². The lowest BCUT2D eigenvalue weighted by Crippen LogP contribution is -2.13. The van der Waals surface area contributed by atoms with E-state index in [1.165, 1.54) is 6.20 Å². The third-order valence-corrected chi connectivity index (χ3v) is 5.00. The third kappa shape index (κ3) is 4.15. The molecule has 0 fully saturated rings. The van der Waals surface area contributed by atoms with Crippen molar-refractivity contribution in [1.82, 2.24) is 20.2 Å². The van der Waals surface area contributed by atoms with Gasteiger partial charge >= 0.3 is 0 Å². The lowest BCUT2D eigenvalue weighted by atomic mass is 10.0. The van der Waals surface area contributed by atoms with Crippen LogP contribution < -0.4 is 21.5 Å². The number of hydrogen-bond acceptors (Lipinski definition) is 7. The molecular weight excluding hydrogens is 418 g/mol. The molecule has 0 aliphatic carbocycles. The average molecular weight is 437 g/mol. The Bertz CT molecular complexity index is 1460. The molecule has 0 bridgehead atoms. The van der Waals surface area contributed by atoms with Gasteiger partial charge in [-0.3, -0.25) is 14.9 Å². The van der Waals surface area contributed by atoms with E-state index in [1.54, 1.807) is 36.7 Å². The quantitative estimate of drug-likeness (QED) is 0.301. The number of nitrogens with zero attached hydrogens (tertiary/aromatic N) is 3. The second-order valence-electron chi connectivity index (χ2n) is 7.32. The molecule has 0 saturated carbocycles. The molecule has 5 aromatic rings. The molecule has 162 valence electrons. The Hall–Kier alpha value is -4.92. The summed E-state index contributed by atoms with van der Waals surface area (Å²) in [6.07, 6.45) is 4.80. The van der Waals surface area contributed by atoms with E-state index < -0.39 is 0 Å². The Labute approximate surface area is 188 Å². The minimum atomic E-state index is -0.369. The van der Waals surface area contributed by atoms with E-state index in [4.69, 9.17) is 16.2 Å². The lowest BCUT2D eigenvalue weighted by Gasteiger charge is -2.08. The first-order chi connectivity index (χ1) is 16.1. The van der Waals surface area contributed by atoms with E-state index in [0.717, 1.165) is 16.6 Å². The first-order valence-electron chi connectivity index (χ1n) is 10.1. The summed E-state index contributed by atoms with van der Waals surface area (Å²) in [6.45, 7) is 0. The smallest absolute Gasteiger partial charge is 0.276 e. The topological polar surface area (TPSA) is 145 Å². The molecule has 2 aromatic carbocycles. The Morgan fingerprint density at radius 2 is 1.82 bits per heavy atom. The van der Waals surface area contributed by atoms with Gasteiger partial charge in [0.15, 0.2) is 11.4 Å². The summed E-state index contributed by atoms with van der Waals surface area (Å²) in [5, 5.41) is 10.6. The van der Waals surface area contributed by atoms with Crippen LogP contribution in [0, 0.1) is 0 Å². The van der Waals surface area contributed by atoms with Crippen LogP contribution in [0.5, 0.6) is 11.6 Å². The zero-order valence-electron chi connectivity index (χ0n) is 17.3. The molecule has 1 amide bonds. The fourth-order valence-electron chi connectivity index (χ4n) is 3.37. The Balaban J connectivity index is 1.36. The van der Waals surface area contributed by atoms with Gasteiger partial charge in [0.25, 0.3) is 5.91 Å². The minimum Gasteiger partial charge on any atom is -0.437 e. The standard InChI is InChI=1S/C24H19N7O2/c25-16-9-15(11-27-12-16)14-5-7-20-18(10-14)23(31-30-20)24(32)29-17-6-8-22(28-13-17)33-21-4-2-1-3-19(21)26/h1-13H,25-26H2,(H,29,32)(H,30,31). The van der Waals surface area contributed by atoms with Crippen LogP contribution in [0.1, 0.15) is 10.5 Å². The van der Waals surface area contributed by atoms with Crippen LogP contribution in [0.25, 0.3) is 22.0 Å². The number of para-hydroxylation sites is 2. The number of carbonyl (C=O) groups is 1. The number of H-pyrrole nitrogens is 1. The van der Waals surface area contributed by atoms with Crippen molar-refractivity contribution in [2.45, 2.75) is 0 Å². The van der Waals surface area contributed by atoms with Crippen molar-refractivity contribution in [3.63, 3.8) is 0 Å². The van der Waals surface area contributed by atoms with Gasteiger partial charge in [-0.2, -0.15) is 5.10 Å². The van der Waals surface area contributed by atoms with Crippen molar-refractivity contribution in [3.05, 3.63) is 84.9 Å². The molecule has 0 unspecified atom stereocenters. The predicted molar refractivity (Wildman–Crippen MR) is 127 cm³/mol. The number of pyridine rings is 2. The number of aromatic nitrogens is 4. The molecule has 6 N–H and O–H groups in total. The lowest BCUT2D eigenvalue weighted by molar-refractivity contribution is 0.102. The number of nitrogen functional groups attached to an aromatic ring is 2. The van der Waals surface area contributed by atoms with E-state index in [9.17, 15) is 4.79 Å². The number of rotatable bonds is 5. The fraction of sp³-hybridized carbons (Fsp3) is 0. The van der Waals surface area contributed by atoms with Gasteiger partial charge in [0, 0.05) is 29.4 Å². The van der Waals surface area contributed by atoms with Crippen LogP contribution in [0.3, 0.4) is 0 Å². The highest BCUT2D eigenvalue weighted by atomic mass is 16.5. The highest BCUT2D eigenvalue weighted by Crippen LogP contribution is 2.28. The number of aromatic amines is 1. The number of ether oxygens (including phenoxy) is 1. The normalized spacial score (nSPS) is 10.8. The summed E-state index contributed by atoms with van der Waals surface area (Å²) in [6, 6.07) is 18.0. The first-order valence-corrected chi connectivity index (χ1v) is 10.1. The predicted octanol–water partition coefficient (Wildman–Crippen LogP) is 4.23. The zero-order valence-corrected chi connectivity index (χ0v) is 17.3. The van der Waals surface area contributed by atoms with E-state index in [0.29, 0.717) is 34.1 Å². The van der Waals surface area contributed by atoms with Gasteiger partial charge in [-0.1, -0.05) is 18.2 Å². The van der Waals surface area contributed by atoms with Gasteiger partial charge < -0.3 is 21.5 Å². The van der Waals surface area contributed by atoms with Crippen molar-refractivity contribution >= 4 is 33.9 Å². The Morgan fingerprint density at radius 3 is 2.61 bits per heavy atom. The van der Waals surface area contributed by atoms with Crippen molar-refractivity contribution in [3.8, 4) is 22.8 Å². The largest absolute Gasteiger partial charge is 0.437 e. The maximum atomic E-state index is 12.9. The summed E-state index contributed by atoms with van der Waals surface area (Å²) in [5.74, 6) is 0.499. The van der Waals surface area contributed by atoms with Crippen molar-refractivity contribution in [2.24, 2.45) is 0 Å². The number of anilines is 3. The van der Waals surface area contributed by atoms with Crippen molar-refractivity contribution in [2.75, 3.05) is 16.8 Å². The molecule has 0 saturated heterocycles. The number of carbonyl (C=O) groups excluding carboxylic acids is 1. The first kappa shape index (κ1) is 20.0. The highest BCUT2D eigenvalue weighted by Gasteiger charge is 2.16. The fourth-order valence-corrected chi connectivity index (χ4v) is 3.37. The van der Waals surface area contributed by atoms with E-state index in [-0.39, 0.29) is 11.6 Å². The molecule has 9 heteroatoms. The van der Waals surface area contributed by atoms with E-state index in [1.807, 2.05) is 36.4 Å². The second-order valence-corrected chi connectivity index (χ2v) is 7.32. The Morgan fingerprint density at radius 1 is 0.939 bits per heavy atom. The molecule has 9 nitrogen and oxygen atoms in total. The molecular formula is C24H19N7O2. The molecule has 0 atom stereocenters. The van der Waals surface area contributed by atoms with Gasteiger partial charge in [0.05, 0.1) is 28.8 Å². The van der Waals surface area contributed by atoms with Crippen LogP contribution >= 0.6 is 0 Å². The molecule has 33 heavy (non-hydrogen) atoms. The number of fused-ring (bicyclic) bond motifs is 1. The van der Waals surface area contributed by atoms with Gasteiger partial charge in [-0.15, -0.1) is 0 Å². The van der Waals surface area contributed by atoms with Gasteiger partial charge in [0.1, 0.15) is 0 Å². The second kappa shape index (κ2) is 8.31. The Kier molecular flexibility index (Phi) is 5.04. The maximum absolute atomic E-state index is 12.9.